The van der Waals surface area contributed by atoms with E-state index >= 15 is 0 Å². The number of piperidine rings is 1. The van der Waals surface area contributed by atoms with Crippen molar-refractivity contribution in [3.63, 3.8) is 0 Å². The molecule has 1 aliphatic carbocycles. The summed E-state index contributed by atoms with van der Waals surface area (Å²) in [6.07, 6.45) is 4.20. The summed E-state index contributed by atoms with van der Waals surface area (Å²) in [5, 5.41) is 12.4. The van der Waals surface area contributed by atoms with Gasteiger partial charge in [0.2, 0.25) is 5.76 Å². The summed E-state index contributed by atoms with van der Waals surface area (Å²) >= 11 is 0. The summed E-state index contributed by atoms with van der Waals surface area (Å²) in [6, 6.07) is 0. The molecule has 2 heterocycles. The van der Waals surface area contributed by atoms with Crippen LogP contribution in [-0.4, -0.2) is 29.1 Å². The minimum atomic E-state index is -0.995. The SMILES string of the molecule is O=C(O)c1oc(C2CC2)nc1C1CCCNC1. The first-order chi connectivity index (χ1) is 8.25. The standard InChI is InChI=1S/C12H16N2O3/c15-12(16)10-9(8-2-1-5-13-6-8)14-11(17-10)7-3-4-7/h7-8,13H,1-6H2,(H,15,16). The van der Waals surface area contributed by atoms with Crippen LogP contribution in [0.25, 0.3) is 0 Å². The average Bonchev–Trinajstić information content (AvgIpc) is 3.09. The van der Waals surface area contributed by atoms with Crippen molar-refractivity contribution >= 4 is 5.97 Å². The maximum atomic E-state index is 11.2. The van der Waals surface area contributed by atoms with Crippen LogP contribution < -0.4 is 5.32 Å². The molecule has 2 aliphatic rings. The van der Waals surface area contributed by atoms with Crippen LogP contribution in [0.1, 0.15) is 59.7 Å². The fraction of sp³-hybridized carbons (Fsp3) is 0.667. The van der Waals surface area contributed by atoms with Gasteiger partial charge in [0, 0.05) is 18.4 Å². The molecule has 1 aromatic heterocycles. The van der Waals surface area contributed by atoms with Gasteiger partial charge in [-0.25, -0.2) is 9.78 Å². The number of hydrogen-bond acceptors (Lipinski definition) is 4. The van der Waals surface area contributed by atoms with Gasteiger partial charge in [0.05, 0.1) is 5.69 Å². The molecule has 1 unspecified atom stereocenters. The lowest BCUT2D eigenvalue weighted by Crippen LogP contribution is -2.29. The van der Waals surface area contributed by atoms with E-state index in [1.54, 1.807) is 0 Å². The lowest BCUT2D eigenvalue weighted by Gasteiger charge is -2.20. The van der Waals surface area contributed by atoms with E-state index in [4.69, 9.17) is 9.52 Å². The predicted molar refractivity (Wildman–Crippen MR) is 60.3 cm³/mol. The number of rotatable bonds is 3. The Morgan fingerprint density at radius 1 is 1.35 bits per heavy atom. The van der Waals surface area contributed by atoms with Gasteiger partial charge in [-0.2, -0.15) is 0 Å². The van der Waals surface area contributed by atoms with Crippen LogP contribution in [0.3, 0.4) is 0 Å². The van der Waals surface area contributed by atoms with Crippen LogP contribution in [0.15, 0.2) is 4.42 Å². The molecule has 92 valence electrons. The first-order valence-electron chi connectivity index (χ1n) is 6.20. The number of hydrogen-bond donors (Lipinski definition) is 2. The summed E-state index contributed by atoms with van der Waals surface area (Å²) in [7, 11) is 0. The molecule has 2 fully saturated rings. The largest absolute Gasteiger partial charge is 0.475 e. The number of nitrogens with one attached hydrogen (secondary N) is 1. The molecule has 0 aromatic carbocycles. The minimum absolute atomic E-state index is 0.0561. The Morgan fingerprint density at radius 2 is 2.18 bits per heavy atom. The third-order valence-electron chi connectivity index (χ3n) is 3.47. The quantitative estimate of drug-likeness (QED) is 0.835. The highest BCUT2D eigenvalue weighted by Gasteiger charge is 2.34. The number of aromatic nitrogens is 1. The van der Waals surface area contributed by atoms with Gasteiger partial charge >= 0.3 is 5.97 Å². The maximum absolute atomic E-state index is 11.2. The van der Waals surface area contributed by atoms with Crippen molar-refractivity contribution < 1.29 is 14.3 Å². The Morgan fingerprint density at radius 3 is 2.76 bits per heavy atom. The zero-order valence-electron chi connectivity index (χ0n) is 9.61. The van der Waals surface area contributed by atoms with Crippen LogP contribution in [0, 0.1) is 0 Å². The zero-order valence-corrected chi connectivity index (χ0v) is 9.61. The van der Waals surface area contributed by atoms with Crippen LogP contribution in [0.5, 0.6) is 0 Å². The molecule has 1 atom stereocenters. The molecule has 1 saturated heterocycles. The van der Waals surface area contributed by atoms with Gasteiger partial charge in [-0.05, 0) is 32.2 Å². The highest BCUT2D eigenvalue weighted by Crippen LogP contribution is 2.41. The van der Waals surface area contributed by atoms with Crippen LogP contribution in [0.2, 0.25) is 0 Å². The van der Waals surface area contributed by atoms with E-state index in [1.165, 1.54) is 0 Å². The molecule has 1 aliphatic heterocycles. The number of nitrogens with zero attached hydrogens (tertiary/aromatic N) is 1. The highest BCUT2D eigenvalue weighted by atomic mass is 16.4. The fourth-order valence-electron chi connectivity index (χ4n) is 2.37. The lowest BCUT2D eigenvalue weighted by molar-refractivity contribution is 0.0657. The lowest BCUT2D eigenvalue weighted by atomic mass is 9.95. The number of oxazole rings is 1. The van der Waals surface area contributed by atoms with Crippen molar-refractivity contribution in [1.29, 1.82) is 0 Å². The molecule has 0 spiro atoms. The summed E-state index contributed by atoms with van der Waals surface area (Å²) in [5.74, 6) is 0.234. The van der Waals surface area contributed by atoms with E-state index in [0.29, 0.717) is 17.5 Å². The van der Waals surface area contributed by atoms with E-state index in [9.17, 15) is 4.79 Å². The summed E-state index contributed by atoms with van der Waals surface area (Å²) < 4.78 is 5.41. The molecule has 2 N–H and O–H groups in total. The van der Waals surface area contributed by atoms with Crippen molar-refractivity contribution in [2.75, 3.05) is 13.1 Å². The van der Waals surface area contributed by atoms with E-state index in [1.807, 2.05) is 0 Å². The topological polar surface area (TPSA) is 75.4 Å². The third kappa shape index (κ3) is 2.07. The van der Waals surface area contributed by atoms with Crippen LogP contribution >= 0.6 is 0 Å². The highest BCUT2D eigenvalue weighted by molar-refractivity contribution is 5.85. The van der Waals surface area contributed by atoms with Gasteiger partial charge in [-0.15, -0.1) is 0 Å². The number of carboxylic acids is 1. The molecule has 0 radical (unpaired) electrons. The number of aromatic carboxylic acids is 1. The van der Waals surface area contributed by atoms with Crippen molar-refractivity contribution in [1.82, 2.24) is 10.3 Å². The van der Waals surface area contributed by atoms with E-state index < -0.39 is 5.97 Å². The van der Waals surface area contributed by atoms with E-state index in [-0.39, 0.29) is 11.7 Å². The molecule has 5 heteroatoms. The Bertz CT molecular complexity index is 431. The molecule has 1 aromatic rings. The Kier molecular flexibility index (Phi) is 2.63. The Hall–Kier alpha value is -1.36. The molecule has 17 heavy (non-hydrogen) atoms. The molecular formula is C12H16N2O3. The summed E-state index contributed by atoms with van der Waals surface area (Å²) in [4.78, 5) is 15.6. The second-order valence-electron chi connectivity index (χ2n) is 4.89. The second-order valence-corrected chi connectivity index (χ2v) is 4.89. The van der Waals surface area contributed by atoms with Gasteiger partial charge in [0.15, 0.2) is 5.89 Å². The monoisotopic (exact) mass is 236 g/mol. The minimum Gasteiger partial charge on any atom is -0.475 e. The molecule has 0 bridgehead atoms. The van der Waals surface area contributed by atoms with Gasteiger partial charge in [0.1, 0.15) is 0 Å². The number of carbonyl (C=O) groups is 1. The Balaban J connectivity index is 1.91. The normalized spacial score (nSPS) is 24.8. The summed E-state index contributed by atoms with van der Waals surface area (Å²) in [6.45, 7) is 1.81. The van der Waals surface area contributed by atoms with Crippen molar-refractivity contribution in [2.24, 2.45) is 0 Å². The first-order valence-corrected chi connectivity index (χ1v) is 6.20. The molecule has 1 saturated carbocycles. The van der Waals surface area contributed by atoms with E-state index in [0.717, 1.165) is 38.8 Å². The molecular weight excluding hydrogens is 220 g/mol. The molecule has 0 amide bonds. The van der Waals surface area contributed by atoms with E-state index in [2.05, 4.69) is 10.3 Å². The van der Waals surface area contributed by atoms with Gasteiger partial charge in [-0.1, -0.05) is 0 Å². The van der Waals surface area contributed by atoms with Gasteiger partial charge in [-0.3, -0.25) is 0 Å². The van der Waals surface area contributed by atoms with Crippen LogP contribution in [0.4, 0.5) is 0 Å². The smallest absolute Gasteiger partial charge is 0.373 e. The average molecular weight is 236 g/mol. The van der Waals surface area contributed by atoms with Crippen molar-refractivity contribution in [2.45, 2.75) is 37.5 Å². The predicted octanol–water partition coefficient (Wildman–Crippen LogP) is 1.72. The van der Waals surface area contributed by atoms with Crippen LogP contribution in [-0.2, 0) is 0 Å². The van der Waals surface area contributed by atoms with Gasteiger partial charge < -0.3 is 14.8 Å². The van der Waals surface area contributed by atoms with Crippen molar-refractivity contribution in [3.05, 3.63) is 17.3 Å². The van der Waals surface area contributed by atoms with Crippen molar-refractivity contribution in [3.8, 4) is 0 Å². The Labute approximate surface area is 99.2 Å². The fourth-order valence-corrected chi connectivity index (χ4v) is 2.37. The first kappa shape index (κ1) is 10.8. The summed E-state index contributed by atoms with van der Waals surface area (Å²) in [5.41, 5.74) is 0.645. The molecule has 3 rings (SSSR count). The third-order valence-corrected chi connectivity index (χ3v) is 3.47. The van der Waals surface area contributed by atoms with Gasteiger partial charge in [0.25, 0.3) is 0 Å². The second kappa shape index (κ2) is 4.14. The zero-order chi connectivity index (χ0) is 11.8. The number of carboxylic acid groups (broad SMARTS) is 1. The molecule has 5 nitrogen and oxygen atoms in total. The maximum Gasteiger partial charge on any atom is 0.373 e.